The number of hydrogen-bond acceptors (Lipinski definition) is 2. The highest BCUT2D eigenvalue weighted by Gasteiger charge is 2.18. The number of aryl methyl sites for hydroxylation is 4. The zero-order valence-electron chi connectivity index (χ0n) is 32.3. The van der Waals surface area contributed by atoms with Gasteiger partial charge >= 0.3 is 0 Å². The van der Waals surface area contributed by atoms with Crippen LogP contribution in [-0.2, 0) is 0 Å². The number of nitrogens with zero attached hydrogens (tertiary/aromatic N) is 1. The summed E-state index contributed by atoms with van der Waals surface area (Å²) in [5.41, 5.74) is 4.13. The highest BCUT2D eigenvalue weighted by atomic mass is 16.3. The Labute approximate surface area is 263 Å². The third kappa shape index (κ3) is 4.06. The zero-order chi connectivity index (χ0) is 36.7. The Hall–Kier alpha value is -5.21. The molecule has 0 aliphatic heterocycles. The van der Waals surface area contributed by atoms with Crippen molar-refractivity contribution in [2.45, 2.75) is 27.5 Å². The van der Waals surface area contributed by atoms with E-state index in [2.05, 4.69) is 35.3 Å². The molecule has 2 heterocycles. The van der Waals surface area contributed by atoms with Crippen molar-refractivity contribution in [1.29, 1.82) is 0 Å². The van der Waals surface area contributed by atoms with Crippen LogP contribution in [0.2, 0.25) is 0 Å². The average molecular weight is 563 g/mol. The van der Waals surface area contributed by atoms with Crippen LogP contribution < -0.4 is 0 Å². The minimum atomic E-state index is -2.67. The molecule has 0 unspecified atom stereocenters. The van der Waals surface area contributed by atoms with E-state index in [1.165, 1.54) is 12.3 Å². The van der Waals surface area contributed by atoms with Crippen LogP contribution in [0.3, 0.4) is 0 Å². The van der Waals surface area contributed by atoms with Gasteiger partial charge in [0.25, 0.3) is 0 Å². The van der Waals surface area contributed by atoms with E-state index in [1.807, 2.05) is 36.4 Å². The average Bonchev–Trinajstić information content (AvgIpc) is 3.49. The summed E-state index contributed by atoms with van der Waals surface area (Å²) in [4.78, 5) is 4.61. The summed E-state index contributed by atoms with van der Waals surface area (Å²) in [5.74, 6) is 0. The van der Waals surface area contributed by atoms with E-state index in [4.69, 9.17) is 16.8 Å². The van der Waals surface area contributed by atoms with Gasteiger partial charge in [-0.2, -0.15) is 0 Å². The lowest BCUT2D eigenvalue weighted by Crippen LogP contribution is -1.93. The summed E-state index contributed by atoms with van der Waals surface area (Å²) in [6, 6.07) is 33.4. The van der Waals surface area contributed by atoms with Crippen LogP contribution in [0.5, 0.6) is 0 Å². The minimum absolute atomic E-state index is 0.103. The second-order valence-corrected chi connectivity index (χ2v) is 11.0. The van der Waals surface area contributed by atoms with E-state index < -0.39 is 20.6 Å². The van der Waals surface area contributed by atoms with Gasteiger partial charge in [-0.15, -0.1) is 0 Å². The smallest absolute Gasteiger partial charge is 0.144 e. The minimum Gasteiger partial charge on any atom is -0.455 e. The Bertz CT molecular complexity index is 2720. The quantitative estimate of drug-likeness (QED) is 0.200. The van der Waals surface area contributed by atoms with E-state index >= 15 is 0 Å². The van der Waals surface area contributed by atoms with Crippen molar-refractivity contribution in [1.82, 2.24) is 4.98 Å². The number of furan rings is 1. The number of rotatable bonds is 3. The molecule has 6 aromatic carbocycles. The van der Waals surface area contributed by atoms with Crippen LogP contribution in [0.4, 0.5) is 0 Å². The van der Waals surface area contributed by atoms with Crippen LogP contribution in [0, 0.1) is 27.5 Å². The summed E-state index contributed by atoms with van der Waals surface area (Å²) in [6.45, 7) is -5.94. The molecule has 0 fully saturated rings. The van der Waals surface area contributed by atoms with Crippen molar-refractivity contribution in [3.63, 3.8) is 0 Å². The standard InChI is InChI=1S/C41H31NO/c1-24-12-17-31(25(2)20-24)30-16-18-32(26(3)21-30)37-22-38(42-23-27(37)4)36-11-7-10-34-35-19-15-29-14-13-28-8-5-6-9-33(28)39(29)41(35)43-40(34)36/h5-23H,1-4H3/i2D3,3D3,4D3. The highest BCUT2D eigenvalue weighted by Crippen LogP contribution is 2.41. The summed E-state index contributed by atoms with van der Waals surface area (Å²) in [7, 11) is 0. The maximum Gasteiger partial charge on any atom is 0.144 e. The third-order valence-electron chi connectivity index (χ3n) is 8.35. The fraction of sp³-hybridized carbons (Fsp3) is 0.0976. The lowest BCUT2D eigenvalue weighted by atomic mass is 9.91. The van der Waals surface area contributed by atoms with Crippen molar-refractivity contribution in [2.75, 3.05) is 0 Å². The lowest BCUT2D eigenvalue weighted by molar-refractivity contribution is 0.674. The van der Waals surface area contributed by atoms with E-state index in [0.29, 0.717) is 28.0 Å². The number of aromatic nitrogens is 1. The van der Waals surface area contributed by atoms with Gasteiger partial charge in [0.2, 0.25) is 0 Å². The summed E-state index contributed by atoms with van der Waals surface area (Å²) >= 11 is 0. The molecule has 2 nitrogen and oxygen atoms in total. The van der Waals surface area contributed by atoms with Gasteiger partial charge in [-0.1, -0.05) is 96.6 Å². The van der Waals surface area contributed by atoms with Gasteiger partial charge in [0.1, 0.15) is 11.2 Å². The van der Waals surface area contributed by atoms with E-state index in [-0.39, 0.29) is 27.8 Å². The molecule has 0 radical (unpaired) electrons. The second-order valence-electron chi connectivity index (χ2n) is 11.0. The summed E-state index contributed by atoms with van der Waals surface area (Å²) in [5, 5.41) is 5.95. The molecule has 0 amide bonds. The largest absolute Gasteiger partial charge is 0.455 e. The molecule has 206 valence electrons. The maximum atomic E-state index is 8.52. The van der Waals surface area contributed by atoms with Crippen LogP contribution in [0.25, 0.3) is 77.0 Å². The van der Waals surface area contributed by atoms with Crippen LogP contribution in [0.15, 0.2) is 120 Å². The number of pyridine rings is 1. The van der Waals surface area contributed by atoms with Gasteiger partial charge in [0.15, 0.2) is 0 Å². The first-order valence-corrected chi connectivity index (χ1v) is 14.1. The Morgan fingerprint density at radius 3 is 2.23 bits per heavy atom. The molecule has 0 aliphatic carbocycles. The molecule has 0 aliphatic rings. The number of hydrogen-bond donors (Lipinski definition) is 0. The SMILES string of the molecule is [2H]C([2H])([2H])c1cc(C)ccc1-c1ccc(-c2cc(-c3cccc4c3oc3c4ccc4ccc5ccccc5c43)ncc2C([2H])([2H])[2H])c(C([2H])([2H])[2H])c1. The molecule has 0 saturated heterocycles. The van der Waals surface area contributed by atoms with Crippen LogP contribution >= 0.6 is 0 Å². The Balaban J connectivity index is 1.36. The van der Waals surface area contributed by atoms with Gasteiger partial charge in [-0.25, -0.2) is 0 Å². The molecule has 43 heavy (non-hydrogen) atoms. The van der Waals surface area contributed by atoms with Crippen molar-refractivity contribution < 1.29 is 16.8 Å². The van der Waals surface area contributed by atoms with E-state index in [0.717, 1.165) is 43.5 Å². The van der Waals surface area contributed by atoms with Crippen molar-refractivity contribution >= 4 is 43.5 Å². The summed E-state index contributed by atoms with van der Waals surface area (Å²) in [6.07, 6.45) is 1.28. The topological polar surface area (TPSA) is 26.0 Å². The summed E-state index contributed by atoms with van der Waals surface area (Å²) < 4.78 is 81.8. The van der Waals surface area contributed by atoms with Crippen molar-refractivity contribution in [3.05, 3.63) is 138 Å². The normalized spacial score (nSPS) is 15.7. The first-order valence-electron chi connectivity index (χ1n) is 18.6. The molecule has 0 spiro atoms. The van der Waals surface area contributed by atoms with Gasteiger partial charge < -0.3 is 4.42 Å². The Morgan fingerprint density at radius 1 is 0.558 bits per heavy atom. The molecule has 2 heteroatoms. The molecular weight excluding hydrogens is 522 g/mol. The molecular formula is C41H31NO. The van der Waals surface area contributed by atoms with Gasteiger partial charge in [0, 0.05) is 40.3 Å². The van der Waals surface area contributed by atoms with Crippen molar-refractivity contribution in [2.24, 2.45) is 0 Å². The first kappa shape index (κ1) is 17.7. The first-order chi connectivity index (χ1) is 24.6. The molecule has 8 aromatic rings. The molecule has 0 bridgehead atoms. The van der Waals surface area contributed by atoms with Crippen molar-refractivity contribution in [3.8, 4) is 33.5 Å². The van der Waals surface area contributed by atoms with Crippen LogP contribution in [-0.4, -0.2) is 4.98 Å². The molecule has 0 atom stereocenters. The maximum absolute atomic E-state index is 8.52. The number of benzene rings is 6. The van der Waals surface area contributed by atoms with Crippen LogP contribution in [0.1, 0.15) is 34.6 Å². The number of para-hydroxylation sites is 1. The third-order valence-corrected chi connectivity index (χ3v) is 8.35. The fourth-order valence-electron chi connectivity index (χ4n) is 6.23. The van der Waals surface area contributed by atoms with E-state index in [1.54, 1.807) is 43.3 Å². The molecule has 0 N–H and O–H groups in total. The second kappa shape index (κ2) is 9.68. The number of fused-ring (bicyclic) bond motifs is 7. The van der Waals surface area contributed by atoms with E-state index in [9.17, 15) is 0 Å². The monoisotopic (exact) mass is 562 g/mol. The Morgan fingerprint density at radius 2 is 1.33 bits per heavy atom. The van der Waals surface area contributed by atoms with Gasteiger partial charge in [-0.3, -0.25) is 4.98 Å². The predicted octanol–water partition coefficient (Wildman–Crippen LogP) is 11.5. The fourth-order valence-corrected chi connectivity index (χ4v) is 6.23. The highest BCUT2D eigenvalue weighted by molar-refractivity contribution is 6.23. The molecule has 2 aromatic heterocycles. The predicted molar refractivity (Wildman–Crippen MR) is 182 cm³/mol. The Kier molecular flexibility index (Phi) is 3.98. The molecule has 0 saturated carbocycles. The van der Waals surface area contributed by atoms with Gasteiger partial charge in [0.05, 0.1) is 5.69 Å². The zero-order valence-corrected chi connectivity index (χ0v) is 23.3. The van der Waals surface area contributed by atoms with Gasteiger partial charge in [-0.05, 0) is 101 Å². The molecule has 8 rings (SSSR count). The lowest BCUT2D eigenvalue weighted by Gasteiger charge is -2.14.